The van der Waals surface area contributed by atoms with Crippen molar-refractivity contribution >= 4 is 17.5 Å². The number of hydrogen-bond acceptors (Lipinski definition) is 5. The maximum absolute atomic E-state index is 10.9. The Hall–Kier alpha value is -2.57. The molecule has 0 saturated carbocycles. The van der Waals surface area contributed by atoms with Gasteiger partial charge in [0.1, 0.15) is 0 Å². The summed E-state index contributed by atoms with van der Waals surface area (Å²) in [6.07, 6.45) is 1.08. The molecule has 0 saturated heterocycles. The first-order chi connectivity index (χ1) is 7.91. The Morgan fingerprint density at radius 2 is 1.71 bits per heavy atom. The lowest BCUT2D eigenvalue weighted by molar-refractivity contribution is -0.417. The van der Waals surface area contributed by atoms with Crippen molar-refractivity contribution < 1.29 is 14.6 Å². The van der Waals surface area contributed by atoms with E-state index in [2.05, 4.69) is 0 Å². The van der Waals surface area contributed by atoms with Gasteiger partial charge >= 0.3 is 5.70 Å². The van der Waals surface area contributed by atoms with Gasteiger partial charge in [0, 0.05) is 25.1 Å². The summed E-state index contributed by atoms with van der Waals surface area (Å²) in [7, 11) is 0. The summed E-state index contributed by atoms with van der Waals surface area (Å²) in [4.78, 5) is 30.5. The highest BCUT2D eigenvalue weighted by Crippen LogP contribution is 2.14. The first-order valence-electron chi connectivity index (χ1n) is 4.53. The molecule has 0 bridgehead atoms. The van der Waals surface area contributed by atoms with Crippen molar-refractivity contribution in [2.45, 2.75) is 6.92 Å². The highest BCUT2D eigenvalue weighted by atomic mass is 16.6. The fourth-order valence-electron chi connectivity index (χ4n) is 1.13. The van der Waals surface area contributed by atoms with E-state index in [0.717, 1.165) is 13.0 Å². The van der Waals surface area contributed by atoms with Crippen molar-refractivity contribution in [3.63, 3.8) is 0 Å². The van der Waals surface area contributed by atoms with Crippen molar-refractivity contribution in [2.75, 3.05) is 0 Å². The number of hydrogen-bond donors (Lipinski definition) is 0. The van der Waals surface area contributed by atoms with Gasteiger partial charge in [-0.05, 0) is 17.7 Å². The molecule has 1 aromatic rings. The smallest absolute Gasteiger partial charge is 0.288 e. The molecule has 0 N–H and O–H groups in total. The highest BCUT2D eigenvalue weighted by Gasteiger charge is 2.16. The van der Waals surface area contributed by atoms with E-state index in [1.54, 1.807) is 0 Å². The number of benzene rings is 1. The van der Waals surface area contributed by atoms with E-state index in [9.17, 15) is 25.0 Å². The van der Waals surface area contributed by atoms with E-state index in [0.29, 0.717) is 5.56 Å². The predicted molar refractivity (Wildman–Crippen MR) is 58.7 cm³/mol. The summed E-state index contributed by atoms with van der Waals surface area (Å²) in [5, 5.41) is 20.9. The van der Waals surface area contributed by atoms with Gasteiger partial charge in [0.05, 0.1) is 9.85 Å². The lowest BCUT2D eigenvalue weighted by atomic mass is 10.1. The number of carbonyl (C=O) groups is 1. The summed E-state index contributed by atoms with van der Waals surface area (Å²) >= 11 is 0. The van der Waals surface area contributed by atoms with Crippen LogP contribution in [-0.2, 0) is 4.79 Å². The molecule has 0 aliphatic carbocycles. The molecule has 0 heterocycles. The van der Waals surface area contributed by atoms with Crippen LogP contribution in [0.15, 0.2) is 30.0 Å². The maximum Gasteiger partial charge on any atom is 0.312 e. The Bertz CT molecular complexity index is 488. The van der Waals surface area contributed by atoms with Crippen molar-refractivity contribution in [3.05, 3.63) is 55.8 Å². The fraction of sp³-hybridized carbons (Fsp3) is 0.100. The molecule has 0 aliphatic heterocycles. The SMILES string of the molecule is CC(=O)/C(=C\c1ccc([N+](=O)[O-])cc1)[N+](=O)[O-]. The summed E-state index contributed by atoms with van der Waals surface area (Å²) in [6, 6.07) is 5.10. The number of nitro benzene ring substituents is 1. The number of allylic oxidation sites excluding steroid dienone is 1. The van der Waals surface area contributed by atoms with Gasteiger partial charge in [-0.1, -0.05) is 0 Å². The molecule has 7 heteroatoms. The van der Waals surface area contributed by atoms with Gasteiger partial charge in [0.15, 0.2) is 0 Å². The summed E-state index contributed by atoms with van der Waals surface area (Å²) in [5.74, 6) is -0.673. The van der Waals surface area contributed by atoms with Gasteiger partial charge in [0.25, 0.3) is 5.69 Å². The predicted octanol–water partition coefficient (Wildman–Crippen LogP) is 1.80. The van der Waals surface area contributed by atoms with E-state index >= 15 is 0 Å². The number of nitrogens with zero attached hydrogens (tertiary/aromatic N) is 2. The number of ketones is 1. The standard InChI is InChI=1S/C10H8N2O5/c1-7(13)10(12(16)17)6-8-2-4-9(5-3-8)11(14)15/h2-6H,1H3/b10-6+. The molecule has 17 heavy (non-hydrogen) atoms. The fourth-order valence-corrected chi connectivity index (χ4v) is 1.13. The van der Waals surface area contributed by atoms with Crippen LogP contribution in [0.5, 0.6) is 0 Å². The summed E-state index contributed by atoms with van der Waals surface area (Å²) < 4.78 is 0. The van der Waals surface area contributed by atoms with E-state index in [1.165, 1.54) is 24.3 Å². The minimum Gasteiger partial charge on any atom is -0.288 e. The number of rotatable bonds is 4. The number of nitro groups is 2. The topological polar surface area (TPSA) is 103 Å². The average Bonchev–Trinajstić information content (AvgIpc) is 2.25. The Morgan fingerprint density at radius 1 is 1.18 bits per heavy atom. The van der Waals surface area contributed by atoms with Gasteiger partial charge in [-0.3, -0.25) is 25.0 Å². The third-order valence-corrected chi connectivity index (χ3v) is 1.96. The van der Waals surface area contributed by atoms with Crippen LogP contribution in [0.1, 0.15) is 12.5 Å². The average molecular weight is 236 g/mol. The Kier molecular flexibility index (Phi) is 3.66. The zero-order valence-corrected chi connectivity index (χ0v) is 8.82. The van der Waals surface area contributed by atoms with Crippen LogP contribution in [0.3, 0.4) is 0 Å². The van der Waals surface area contributed by atoms with Crippen LogP contribution in [0.4, 0.5) is 5.69 Å². The van der Waals surface area contributed by atoms with Crippen LogP contribution < -0.4 is 0 Å². The van der Waals surface area contributed by atoms with Gasteiger partial charge in [-0.25, -0.2) is 0 Å². The van der Waals surface area contributed by atoms with Gasteiger partial charge in [-0.15, -0.1) is 0 Å². The second-order valence-corrected chi connectivity index (χ2v) is 3.19. The normalized spacial score (nSPS) is 11.0. The van der Waals surface area contributed by atoms with Crippen LogP contribution in [0.2, 0.25) is 0 Å². The van der Waals surface area contributed by atoms with Crippen molar-refractivity contribution in [1.82, 2.24) is 0 Å². The van der Waals surface area contributed by atoms with E-state index in [-0.39, 0.29) is 5.69 Å². The highest BCUT2D eigenvalue weighted by molar-refractivity contribution is 5.95. The zero-order chi connectivity index (χ0) is 13.0. The molecule has 0 aromatic heterocycles. The second kappa shape index (κ2) is 4.97. The maximum atomic E-state index is 10.9. The van der Waals surface area contributed by atoms with Crippen molar-refractivity contribution in [2.24, 2.45) is 0 Å². The quantitative estimate of drug-likeness (QED) is 0.450. The first kappa shape index (κ1) is 12.5. The molecular formula is C10H8N2O5. The van der Waals surface area contributed by atoms with Gasteiger partial charge < -0.3 is 0 Å². The third-order valence-electron chi connectivity index (χ3n) is 1.96. The van der Waals surface area contributed by atoms with Crippen LogP contribution >= 0.6 is 0 Å². The van der Waals surface area contributed by atoms with Crippen LogP contribution in [-0.4, -0.2) is 15.6 Å². The molecule has 0 radical (unpaired) electrons. The molecule has 0 unspecified atom stereocenters. The molecule has 0 amide bonds. The number of non-ortho nitro benzene ring substituents is 1. The zero-order valence-electron chi connectivity index (χ0n) is 8.82. The second-order valence-electron chi connectivity index (χ2n) is 3.19. The minimum atomic E-state index is -0.788. The lowest BCUT2D eigenvalue weighted by Crippen LogP contribution is -2.07. The molecule has 88 valence electrons. The van der Waals surface area contributed by atoms with E-state index in [4.69, 9.17) is 0 Å². The summed E-state index contributed by atoms with van der Waals surface area (Å²) in [6.45, 7) is 1.08. The molecule has 1 aromatic carbocycles. The Morgan fingerprint density at radius 3 is 2.06 bits per heavy atom. The summed E-state index contributed by atoms with van der Waals surface area (Å²) in [5.41, 5.74) is -0.316. The molecule has 0 spiro atoms. The van der Waals surface area contributed by atoms with Gasteiger partial charge in [-0.2, -0.15) is 0 Å². The molecule has 7 nitrogen and oxygen atoms in total. The third kappa shape index (κ3) is 3.20. The minimum absolute atomic E-state index is 0.118. The van der Waals surface area contributed by atoms with Crippen molar-refractivity contribution in [1.29, 1.82) is 0 Å². The largest absolute Gasteiger partial charge is 0.312 e. The molecule has 0 fully saturated rings. The Balaban J connectivity index is 3.09. The number of Topliss-reactive ketones (excluding diaryl/α,β-unsaturated/α-hetero) is 1. The number of carbonyl (C=O) groups excluding carboxylic acids is 1. The first-order valence-corrected chi connectivity index (χ1v) is 4.53. The van der Waals surface area contributed by atoms with E-state index in [1.807, 2.05) is 0 Å². The van der Waals surface area contributed by atoms with Crippen LogP contribution in [0.25, 0.3) is 6.08 Å². The molecule has 0 atom stereocenters. The molecular weight excluding hydrogens is 228 g/mol. The van der Waals surface area contributed by atoms with Crippen LogP contribution in [0, 0.1) is 20.2 Å². The van der Waals surface area contributed by atoms with Crippen molar-refractivity contribution in [3.8, 4) is 0 Å². The van der Waals surface area contributed by atoms with Gasteiger partial charge in [0.2, 0.25) is 5.78 Å². The Labute approximate surface area is 95.7 Å². The monoisotopic (exact) mass is 236 g/mol. The lowest BCUT2D eigenvalue weighted by Gasteiger charge is -1.95. The van der Waals surface area contributed by atoms with E-state index < -0.39 is 21.3 Å². The molecule has 1 rings (SSSR count). The molecule has 0 aliphatic rings.